The van der Waals surface area contributed by atoms with Crippen molar-refractivity contribution in [3.8, 4) is 0 Å². The zero-order valence-corrected chi connectivity index (χ0v) is 35.4. The van der Waals surface area contributed by atoms with E-state index >= 15 is 0 Å². The first-order chi connectivity index (χ1) is 27.2. The Hall–Kier alpha value is -3.21. The highest BCUT2D eigenvalue weighted by atomic mass is 16.6. The van der Waals surface area contributed by atoms with E-state index in [0.29, 0.717) is 13.0 Å². The molecule has 0 aromatic heterocycles. The molecular formula is C51H82O4. The molecule has 4 nitrogen and oxygen atoms in total. The summed E-state index contributed by atoms with van der Waals surface area (Å²) in [6, 6.07) is 0. The molecule has 0 bridgehead atoms. The molecule has 55 heavy (non-hydrogen) atoms. The van der Waals surface area contributed by atoms with E-state index in [9.17, 15) is 9.90 Å². The fourth-order valence-electron chi connectivity index (χ4n) is 5.56. The highest BCUT2D eigenvalue weighted by molar-refractivity contribution is 5.69. The van der Waals surface area contributed by atoms with Gasteiger partial charge in [-0.2, -0.15) is 0 Å². The summed E-state index contributed by atoms with van der Waals surface area (Å²) in [6.07, 6.45) is 69.7. The second-order valence-electron chi connectivity index (χ2n) is 14.0. The van der Waals surface area contributed by atoms with Crippen LogP contribution in [0.4, 0.5) is 0 Å². The molecule has 0 aromatic carbocycles. The molecule has 0 aliphatic heterocycles. The first-order valence-electron chi connectivity index (χ1n) is 22.1. The number of esters is 1. The average Bonchev–Trinajstić information content (AvgIpc) is 3.19. The van der Waals surface area contributed by atoms with Crippen LogP contribution in [0.15, 0.2) is 122 Å². The number of hydrogen-bond donors (Lipinski definition) is 1. The molecule has 0 rings (SSSR count). The molecule has 0 saturated heterocycles. The smallest absolute Gasteiger partial charge is 0.306 e. The number of hydrogen-bond acceptors (Lipinski definition) is 4. The molecule has 0 radical (unpaired) electrons. The van der Waals surface area contributed by atoms with Crippen molar-refractivity contribution < 1.29 is 19.4 Å². The molecule has 0 aliphatic rings. The van der Waals surface area contributed by atoms with Crippen molar-refractivity contribution in [2.75, 3.05) is 19.8 Å². The van der Waals surface area contributed by atoms with Gasteiger partial charge in [-0.15, -0.1) is 0 Å². The zero-order chi connectivity index (χ0) is 39.8. The lowest BCUT2D eigenvalue weighted by Crippen LogP contribution is -2.27. The molecule has 0 heterocycles. The first-order valence-corrected chi connectivity index (χ1v) is 22.1. The van der Waals surface area contributed by atoms with E-state index in [0.717, 1.165) is 109 Å². The monoisotopic (exact) mass is 759 g/mol. The highest BCUT2D eigenvalue weighted by Gasteiger charge is 2.13. The van der Waals surface area contributed by atoms with Crippen LogP contribution in [-0.4, -0.2) is 37.0 Å². The summed E-state index contributed by atoms with van der Waals surface area (Å²) in [5.41, 5.74) is 0. The molecule has 0 spiro atoms. The Morgan fingerprint density at radius 2 is 0.764 bits per heavy atom. The maximum absolute atomic E-state index is 12.2. The number of rotatable bonds is 39. The first kappa shape index (κ1) is 51.8. The zero-order valence-electron chi connectivity index (χ0n) is 35.4. The van der Waals surface area contributed by atoms with Crippen molar-refractivity contribution >= 4 is 5.97 Å². The standard InChI is InChI=1S/C51H82O4/c1-3-5-7-9-11-13-15-17-19-21-23-25-27-29-31-33-35-37-39-41-43-45-47-54-49-50(48-52)55-51(53)46-44-42-40-38-36-34-32-30-28-26-24-22-20-18-16-14-12-10-8-6-4-2/h5-8,11-14,17-20,23-26,29-32,50,52H,3-4,9-10,15-16,21-22,27-28,33-49H2,1-2H3/b7-5-,8-6-,13-11-,14-12-,19-17-,20-18-,25-23-,26-24-,31-29-,32-30-. The van der Waals surface area contributed by atoms with Crippen LogP contribution in [0.1, 0.15) is 168 Å². The van der Waals surface area contributed by atoms with Crippen LogP contribution in [0.25, 0.3) is 0 Å². The van der Waals surface area contributed by atoms with Crippen LogP contribution in [-0.2, 0) is 14.3 Å². The quantitative estimate of drug-likeness (QED) is 0.0385. The molecule has 1 atom stereocenters. The normalized spacial score (nSPS) is 13.6. The topological polar surface area (TPSA) is 55.8 Å². The van der Waals surface area contributed by atoms with Gasteiger partial charge in [0.1, 0.15) is 6.10 Å². The van der Waals surface area contributed by atoms with Gasteiger partial charge in [-0.1, -0.05) is 180 Å². The van der Waals surface area contributed by atoms with E-state index in [-0.39, 0.29) is 19.2 Å². The summed E-state index contributed by atoms with van der Waals surface area (Å²) in [5.74, 6) is -0.231. The Kier molecular flexibility index (Phi) is 44.2. The van der Waals surface area contributed by atoms with Gasteiger partial charge in [-0.3, -0.25) is 4.79 Å². The van der Waals surface area contributed by atoms with Gasteiger partial charge in [-0.25, -0.2) is 0 Å². The van der Waals surface area contributed by atoms with E-state index in [1.165, 1.54) is 38.5 Å². The third-order valence-electron chi connectivity index (χ3n) is 8.78. The summed E-state index contributed by atoms with van der Waals surface area (Å²) in [5, 5.41) is 9.62. The van der Waals surface area contributed by atoms with E-state index in [2.05, 4.69) is 135 Å². The Morgan fingerprint density at radius 1 is 0.436 bits per heavy atom. The average molecular weight is 759 g/mol. The van der Waals surface area contributed by atoms with Gasteiger partial charge in [0.25, 0.3) is 0 Å². The fourth-order valence-corrected chi connectivity index (χ4v) is 5.56. The van der Waals surface area contributed by atoms with Gasteiger partial charge in [0.05, 0.1) is 13.2 Å². The Balaban J connectivity index is 3.57. The number of aliphatic hydroxyl groups is 1. The van der Waals surface area contributed by atoms with Crippen molar-refractivity contribution in [3.05, 3.63) is 122 Å². The van der Waals surface area contributed by atoms with Crippen molar-refractivity contribution in [2.45, 2.75) is 174 Å². The maximum Gasteiger partial charge on any atom is 0.306 e. The van der Waals surface area contributed by atoms with Gasteiger partial charge in [0, 0.05) is 13.0 Å². The molecule has 0 aromatic rings. The number of allylic oxidation sites excluding steroid dienone is 20. The lowest BCUT2D eigenvalue weighted by molar-refractivity contribution is -0.154. The van der Waals surface area contributed by atoms with Crippen molar-refractivity contribution in [1.82, 2.24) is 0 Å². The summed E-state index contributed by atoms with van der Waals surface area (Å²) in [4.78, 5) is 12.2. The Labute approximate surface area is 339 Å². The molecule has 1 unspecified atom stereocenters. The Morgan fingerprint density at radius 3 is 1.15 bits per heavy atom. The van der Waals surface area contributed by atoms with Gasteiger partial charge in [0.2, 0.25) is 0 Å². The van der Waals surface area contributed by atoms with Crippen LogP contribution in [0.3, 0.4) is 0 Å². The minimum atomic E-state index is -0.563. The number of ether oxygens (including phenoxy) is 2. The van der Waals surface area contributed by atoms with E-state index < -0.39 is 6.10 Å². The predicted molar refractivity (Wildman–Crippen MR) is 241 cm³/mol. The minimum Gasteiger partial charge on any atom is -0.457 e. The molecule has 0 saturated carbocycles. The SMILES string of the molecule is CC/C=C\C/C=C\C/C=C\C/C=C\C/C=C\CCCCCCCCOCC(CO)OC(=O)CCCCCCC/C=C\C/C=C\C/C=C\C/C=C\C/C=C\CC. The molecular weight excluding hydrogens is 677 g/mol. The Bertz CT molecular complexity index is 1110. The van der Waals surface area contributed by atoms with E-state index in [1.807, 2.05) is 0 Å². The lowest BCUT2D eigenvalue weighted by Gasteiger charge is -2.15. The summed E-state index contributed by atoms with van der Waals surface area (Å²) in [6.45, 7) is 5.04. The fraction of sp³-hybridized carbons (Fsp3) is 0.588. The number of aliphatic hydroxyl groups excluding tert-OH is 1. The second kappa shape index (κ2) is 46.9. The maximum atomic E-state index is 12.2. The predicted octanol–water partition coefficient (Wildman–Crippen LogP) is 14.9. The van der Waals surface area contributed by atoms with Gasteiger partial charge in [-0.05, 0) is 103 Å². The van der Waals surface area contributed by atoms with Gasteiger partial charge >= 0.3 is 5.97 Å². The van der Waals surface area contributed by atoms with Crippen molar-refractivity contribution in [2.24, 2.45) is 0 Å². The summed E-state index contributed by atoms with van der Waals surface area (Å²) in [7, 11) is 0. The largest absolute Gasteiger partial charge is 0.457 e. The lowest BCUT2D eigenvalue weighted by atomic mass is 10.1. The van der Waals surface area contributed by atoms with Gasteiger partial charge < -0.3 is 14.6 Å². The van der Waals surface area contributed by atoms with Crippen LogP contribution in [0, 0.1) is 0 Å². The third-order valence-corrected chi connectivity index (χ3v) is 8.78. The molecule has 0 amide bonds. The molecule has 0 fully saturated rings. The van der Waals surface area contributed by atoms with E-state index in [4.69, 9.17) is 9.47 Å². The van der Waals surface area contributed by atoms with Crippen LogP contribution < -0.4 is 0 Å². The molecule has 1 N–H and O–H groups in total. The molecule has 4 heteroatoms. The third kappa shape index (κ3) is 45.1. The number of carbonyl (C=O) groups is 1. The highest BCUT2D eigenvalue weighted by Crippen LogP contribution is 2.11. The van der Waals surface area contributed by atoms with Gasteiger partial charge in [0.15, 0.2) is 0 Å². The van der Waals surface area contributed by atoms with E-state index in [1.54, 1.807) is 0 Å². The number of unbranched alkanes of at least 4 members (excludes halogenated alkanes) is 11. The second-order valence-corrected chi connectivity index (χ2v) is 14.0. The van der Waals surface area contributed by atoms with Crippen molar-refractivity contribution in [3.63, 3.8) is 0 Å². The summed E-state index contributed by atoms with van der Waals surface area (Å²) < 4.78 is 11.1. The van der Waals surface area contributed by atoms with Crippen LogP contribution >= 0.6 is 0 Å². The molecule has 0 aliphatic carbocycles. The van der Waals surface area contributed by atoms with Crippen molar-refractivity contribution in [1.29, 1.82) is 0 Å². The minimum absolute atomic E-state index is 0.195. The van der Waals surface area contributed by atoms with Crippen LogP contribution in [0.5, 0.6) is 0 Å². The molecule has 310 valence electrons. The van der Waals surface area contributed by atoms with Crippen LogP contribution in [0.2, 0.25) is 0 Å². The number of carbonyl (C=O) groups excluding carboxylic acids is 1. The summed E-state index contributed by atoms with van der Waals surface area (Å²) >= 11 is 0.